The van der Waals surface area contributed by atoms with Crippen molar-refractivity contribution in [3.05, 3.63) is 27.1 Å². The summed E-state index contributed by atoms with van der Waals surface area (Å²) in [5, 5.41) is 4.80. The lowest BCUT2D eigenvalue weighted by atomic mass is 10.2. The maximum atomic E-state index is 12.6. The number of thiophene rings is 1. The summed E-state index contributed by atoms with van der Waals surface area (Å²) in [5.41, 5.74) is 0.00906. The third-order valence-electron chi connectivity index (χ3n) is 3.28. The number of carbonyl (C=O) groups excluding carboxylic acids is 3. The maximum Gasteiger partial charge on any atom is 0.348 e. The molecule has 3 amide bonds. The van der Waals surface area contributed by atoms with E-state index in [0.29, 0.717) is 21.8 Å². The second-order valence-electron chi connectivity index (χ2n) is 5.04. The Bertz CT molecular complexity index is 886. The monoisotopic (exact) mass is 366 g/mol. The number of rotatable bonds is 5. The molecule has 0 fully saturated rings. The summed E-state index contributed by atoms with van der Waals surface area (Å²) in [4.78, 5) is 52.5. The second kappa shape index (κ2) is 7.88. The van der Waals surface area contributed by atoms with Crippen molar-refractivity contribution in [1.82, 2.24) is 20.2 Å². The van der Waals surface area contributed by atoms with E-state index < -0.39 is 23.5 Å². The molecule has 0 radical (unpaired) electrons. The van der Waals surface area contributed by atoms with Gasteiger partial charge in [-0.3, -0.25) is 19.5 Å². The first-order valence-corrected chi connectivity index (χ1v) is 8.44. The molecule has 134 valence electrons. The maximum absolute atomic E-state index is 12.6. The van der Waals surface area contributed by atoms with Gasteiger partial charge in [0.15, 0.2) is 0 Å². The summed E-state index contributed by atoms with van der Waals surface area (Å²) in [6.07, 6.45) is 1.22. The third-order valence-corrected chi connectivity index (χ3v) is 4.46. The summed E-state index contributed by atoms with van der Waals surface area (Å²) >= 11 is 1.07. The summed E-state index contributed by atoms with van der Waals surface area (Å²) in [5.74, 6) is -1.16. The molecule has 0 aliphatic heterocycles. The number of imide groups is 1. The molecule has 0 saturated carbocycles. The number of urea groups is 1. The van der Waals surface area contributed by atoms with Crippen LogP contribution in [0.3, 0.4) is 0 Å². The van der Waals surface area contributed by atoms with Gasteiger partial charge >= 0.3 is 12.0 Å². The van der Waals surface area contributed by atoms with Gasteiger partial charge in [0.05, 0.1) is 18.3 Å². The highest BCUT2D eigenvalue weighted by Gasteiger charge is 2.21. The van der Waals surface area contributed by atoms with Gasteiger partial charge in [-0.25, -0.2) is 14.6 Å². The number of aromatic nitrogens is 2. The smallest absolute Gasteiger partial charge is 0.348 e. The van der Waals surface area contributed by atoms with E-state index in [1.807, 2.05) is 0 Å². The Labute approximate surface area is 147 Å². The zero-order valence-electron chi connectivity index (χ0n) is 14.0. The molecule has 2 aromatic rings. The van der Waals surface area contributed by atoms with E-state index in [1.54, 1.807) is 20.8 Å². The van der Waals surface area contributed by atoms with Crippen molar-refractivity contribution in [3.8, 4) is 0 Å². The normalized spacial score (nSPS) is 10.5. The van der Waals surface area contributed by atoms with Gasteiger partial charge < -0.3 is 10.1 Å². The molecule has 2 aromatic heterocycles. The Kier molecular flexibility index (Phi) is 5.86. The van der Waals surface area contributed by atoms with Gasteiger partial charge in [0, 0.05) is 6.54 Å². The van der Waals surface area contributed by atoms with Crippen molar-refractivity contribution >= 4 is 39.5 Å². The average Bonchev–Trinajstić information content (AvgIpc) is 2.88. The van der Waals surface area contributed by atoms with Crippen LogP contribution < -0.4 is 16.2 Å². The Hall–Kier alpha value is -2.75. The highest BCUT2D eigenvalue weighted by Crippen LogP contribution is 2.27. The lowest BCUT2D eigenvalue weighted by Gasteiger charge is -2.06. The fraction of sp³-hybridized carbons (Fsp3) is 0.400. The minimum Gasteiger partial charge on any atom is -0.462 e. The first-order valence-electron chi connectivity index (χ1n) is 7.62. The zero-order chi connectivity index (χ0) is 18.6. The van der Waals surface area contributed by atoms with E-state index in [2.05, 4.69) is 15.6 Å². The molecule has 2 N–H and O–H groups in total. The molecule has 0 bridgehead atoms. The summed E-state index contributed by atoms with van der Waals surface area (Å²) in [6.45, 7) is 5.28. The molecule has 0 atom stereocenters. The number of hydrogen-bond acceptors (Lipinski definition) is 7. The van der Waals surface area contributed by atoms with Crippen LogP contribution in [0.15, 0.2) is 11.1 Å². The van der Waals surface area contributed by atoms with E-state index in [9.17, 15) is 19.2 Å². The van der Waals surface area contributed by atoms with Gasteiger partial charge in [-0.1, -0.05) is 0 Å². The van der Waals surface area contributed by atoms with Crippen LogP contribution in [0, 0.1) is 6.92 Å². The molecule has 25 heavy (non-hydrogen) atoms. The molecular weight excluding hydrogens is 348 g/mol. The highest BCUT2D eigenvalue weighted by molar-refractivity contribution is 7.20. The molecule has 9 nitrogen and oxygen atoms in total. The van der Waals surface area contributed by atoms with Gasteiger partial charge in [0.1, 0.15) is 16.3 Å². The largest absolute Gasteiger partial charge is 0.462 e. The Balaban J connectivity index is 2.32. The minimum atomic E-state index is -0.646. The Morgan fingerprint density at radius 2 is 2.04 bits per heavy atom. The number of aryl methyl sites for hydroxylation is 1. The number of ether oxygens (including phenoxy) is 1. The molecule has 0 aromatic carbocycles. The van der Waals surface area contributed by atoms with Crippen LogP contribution in [0.1, 0.15) is 29.1 Å². The number of nitrogens with one attached hydrogen (secondary N) is 2. The minimum absolute atomic E-state index is 0.226. The van der Waals surface area contributed by atoms with E-state index in [4.69, 9.17) is 4.74 Å². The van der Waals surface area contributed by atoms with Gasteiger partial charge in [-0.05, 0) is 26.3 Å². The fourth-order valence-corrected chi connectivity index (χ4v) is 3.22. The first kappa shape index (κ1) is 18.6. The quantitative estimate of drug-likeness (QED) is 0.755. The number of nitrogens with zero attached hydrogens (tertiary/aromatic N) is 2. The molecule has 0 unspecified atom stereocenters. The molecule has 10 heteroatoms. The van der Waals surface area contributed by atoms with Crippen molar-refractivity contribution in [2.45, 2.75) is 27.3 Å². The molecule has 0 spiro atoms. The summed E-state index contributed by atoms with van der Waals surface area (Å²) < 4.78 is 6.05. The topological polar surface area (TPSA) is 119 Å². The van der Waals surface area contributed by atoms with Gasteiger partial charge in [-0.2, -0.15) is 0 Å². The van der Waals surface area contributed by atoms with E-state index in [1.165, 1.54) is 6.33 Å². The predicted octanol–water partition coefficient (Wildman–Crippen LogP) is 0.789. The molecular formula is C15H18N4O5S. The number of hydrogen-bond donors (Lipinski definition) is 2. The van der Waals surface area contributed by atoms with Crippen molar-refractivity contribution in [2.24, 2.45) is 0 Å². The van der Waals surface area contributed by atoms with Gasteiger partial charge in [-0.15, -0.1) is 11.3 Å². The zero-order valence-corrected chi connectivity index (χ0v) is 14.9. The summed E-state index contributed by atoms with van der Waals surface area (Å²) in [6, 6.07) is -0.633. The highest BCUT2D eigenvalue weighted by atomic mass is 32.1. The van der Waals surface area contributed by atoms with Crippen molar-refractivity contribution in [2.75, 3.05) is 13.2 Å². The number of carbonyl (C=O) groups is 3. The Morgan fingerprint density at radius 3 is 2.68 bits per heavy atom. The van der Waals surface area contributed by atoms with Crippen LogP contribution >= 0.6 is 11.3 Å². The lowest BCUT2D eigenvalue weighted by molar-refractivity contribution is -0.120. The van der Waals surface area contributed by atoms with Gasteiger partial charge in [0.2, 0.25) is 5.91 Å². The molecule has 2 rings (SSSR count). The second-order valence-corrected chi connectivity index (χ2v) is 6.04. The van der Waals surface area contributed by atoms with Crippen LogP contribution in [-0.4, -0.2) is 40.6 Å². The van der Waals surface area contributed by atoms with Crippen molar-refractivity contribution < 1.29 is 19.1 Å². The van der Waals surface area contributed by atoms with Crippen LogP contribution in [-0.2, 0) is 16.1 Å². The van der Waals surface area contributed by atoms with Crippen LogP contribution in [0.2, 0.25) is 0 Å². The molecule has 0 saturated heterocycles. The van der Waals surface area contributed by atoms with Gasteiger partial charge in [0.25, 0.3) is 5.56 Å². The lowest BCUT2D eigenvalue weighted by Crippen LogP contribution is -2.42. The summed E-state index contributed by atoms with van der Waals surface area (Å²) in [7, 11) is 0. The van der Waals surface area contributed by atoms with Crippen LogP contribution in [0.25, 0.3) is 10.2 Å². The third kappa shape index (κ3) is 4.02. The molecule has 0 aliphatic carbocycles. The number of amides is 3. The van der Waals surface area contributed by atoms with E-state index in [-0.39, 0.29) is 18.5 Å². The number of fused-ring (bicyclic) bond motifs is 1. The van der Waals surface area contributed by atoms with E-state index >= 15 is 0 Å². The molecule has 0 aliphatic rings. The van der Waals surface area contributed by atoms with Crippen LogP contribution in [0.5, 0.6) is 0 Å². The predicted molar refractivity (Wildman–Crippen MR) is 91.8 cm³/mol. The fourth-order valence-electron chi connectivity index (χ4n) is 2.19. The van der Waals surface area contributed by atoms with Crippen molar-refractivity contribution in [3.63, 3.8) is 0 Å². The standard InChI is InChI=1S/C15H18N4O5S/c1-4-16-15(23)18-9(20)6-19-7-17-12-10(13(19)21)8(3)11(25-12)14(22)24-5-2/h7H,4-6H2,1-3H3,(H2,16,18,20,23). The molecule has 2 heterocycles. The average molecular weight is 366 g/mol. The Morgan fingerprint density at radius 1 is 1.32 bits per heavy atom. The first-order chi connectivity index (χ1) is 11.9. The van der Waals surface area contributed by atoms with Crippen molar-refractivity contribution in [1.29, 1.82) is 0 Å². The number of esters is 1. The SMILES string of the molecule is CCNC(=O)NC(=O)Cn1cnc2sc(C(=O)OCC)c(C)c2c1=O. The van der Waals surface area contributed by atoms with E-state index in [0.717, 1.165) is 15.9 Å². The van der Waals surface area contributed by atoms with Crippen LogP contribution in [0.4, 0.5) is 4.79 Å².